The molecule has 0 rings (SSSR count). The van der Waals surface area contributed by atoms with Gasteiger partial charge < -0.3 is 20.9 Å². The van der Waals surface area contributed by atoms with Crippen molar-refractivity contribution in [1.29, 1.82) is 0 Å². The Hall–Kier alpha value is -1.14. The molecule has 1 unspecified atom stereocenters. The van der Waals surface area contributed by atoms with E-state index in [1.54, 1.807) is 20.8 Å². The molecule has 1 atom stereocenters. The van der Waals surface area contributed by atoms with Crippen molar-refractivity contribution >= 4 is 11.9 Å². The highest BCUT2D eigenvalue weighted by molar-refractivity contribution is 5.80. The molecule has 0 aliphatic rings. The summed E-state index contributed by atoms with van der Waals surface area (Å²) < 4.78 is 4.70. The fraction of sp³-hybridized carbons (Fsp3) is 0.818. The number of hydrogen-bond donors (Lipinski definition) is 3. The van der Waals surface area contributed by atoms with Gasteiger partial charge >= 0.3 is 5.97 Å². The van der Waals surface area contributed by atoms with Crippen molar-refractivity contribution in [1.82, 2.24) is 5.32 Å². The molecular weight excluding hydrogens is 224 g/mol. The lowest BCUT2D eigenvalue weighted by atomic mass is 9.93. The predicted octanol–water partition coefficient (Wildman–Crippen LogP) is -0.598. The maximum absolute atomic E-state index is 11.0. The first kappa shape index (κ1) is 15.9. The summed E-state index contributed by atoms with van der Waals surface area (Å²) in [4.78, 5) is 22.0. The second kappa shape index (κ2) is 7.24. The van der Waals surface area contributed by atoms with Gasteiger partial charge in [0, 0.05) is 13.1 Å². The molecule has 0 saturated heterocycles. The minimum Gasteiger partial charge on any atom is -0.466 e. The van der Waals surface area contributed by atoms with Gasteiger partial charge in [-0.1, -0.05) is 0 Å². The van der Waals surface area contributed by atoms with Crippen LogP contribution in [-0.2, 0) is 14.3 Å². The van der Waals surface area contributed by atoms with Crippen LogP contribution in [-0.4, -0.2) is 42.8 Å². The number of amides is 1. The number of carbonyl (C=O) groups excluding carboxylic acids is 2. The number of aliphatic hydroxyl groups excluding tert-OH is 1. The quantitative estimate of drug-likeness (QED) is 0.496. The Kier molecular flexibility index (Phi) is 6.75. The third kappa shape index (κ3) is 6.91. The number of aliphatic hydroxyl groups is 1. The largest absolute Gasteiger partial charge is 0.466 e. The van der Waals surface area contributed by atoms with Crippen LogP contribution in [0.15, 0.2) is 0 Å². The molecule has 6 heteroatoms. The Labute approximate surface area is 102 Å². The zero-order chi connectivity index (χ0) is 13.5. The van der Waals surface area contributed by atoms with Crippen molar-refractivity contribution in [2.75, 3.05) is 19.7 Å². The number of nitrogens with one attached hydrogen (secondary N) is 1. The maximum atomic E-state index is 11.0. The van der Waals surface area contributed by atoms with Crippen molar-refractivity contribution in [3.63, 3.8) is 0 Å². The Morgan fingerprint density at radius 2 is 2.06 bits per heavy atom. The number of rotatable bonds is 8. The summed E-state index contributed by atoms with van der Waals surface area (Å²) in [7, 11) is 0. The summed E-state index contributed by atoms with van der Waals surface area (Å²) in [5.41, 5.74) is 4.51. The zero-order valence-corrected chi connectivity index (χ0v) is 10.7. The second-order valence-electron chi connectivity index (χ2n) is 4.54. The average molecular weight is 246 g/mol. The maximum Gasteiger partial charge on any atom is 0.308 e. The van der Waals surface area contributed by atoms with E-state index >= 15 is 0 Å². The summed E-state index contributed by atoms with van der Waals surface area (Å²) in [6, 6.07) is 0. The third-order valence-corrected chi connectivity index (χ3v) is 2.32. The van der Waals surface area contributed by atoms with Gasteiger partial charge in [0.05, 0.1) is 24.5 Å². The monoisotopic (exact) mass is 246 g/mol. The van der Waals surface area contributed by atoms with Crippen LogP contribution in [0.2, 0.25) is 0 Å². The van der Waals surface area contributed by atoms with E-state index in [0.717, 1.165) is 0 Å². The first-order valence-corrected chi connectivity index (χ1v) is 5.64. The highest BCUT2D eigenvalue weighted by atomic mass is 16.5. The predicted molar refractivity (Wildman–Crippen MR) is 63.1 cm³/mol. The van der Waals surface area contributed by atoms with Gasteiger partial charge in [-0.05, 0) is 20.8 Å². The lowest BCUT2D eigenvalue weighted by molar-refractivity contribution is -0.145. The van der Waals surface area contributed by atoms with E-state index in [4.69, 9.17) is 10.5 Å². The Balaban J connectivity index is 3.82. The van der Waals surface area contributed by atoms with Crippen LogP contribution < -0.4 is 11.1 Å². The van der Waals surface area contributed by atoms with E-state index in [9.17, 15) is 14.7 Å². The van der Waals surface area contributed by atoms with E-state index in [-0.39, 0.29) is 13.0 Å². The van der Waals surface area contributed by atoms with Crippen LogP contribution in [0.5, 0.6) is 0 Å². The SMILES string of the molecule is CCOC(=O)CC(O)CNCC(C)(C)C(N)=O. The van der Waals surface area contributed by atoms with Crippen molar-refractivity contribution in [3.8, 4) is 0 Å². The fourth-order valence-electron chi connectivity index (χ4n) is 1.12. The van der Waals surface area contributed by atoms with Crippen molar-refractivity contribution < 1.29 is 19.4 Å². The smallest absolute Gasteiger partial charge is 0.308 e. The zero-order valence-electron chi connectivity index (χ0n) is 10.7. The van der Waals surface area contributed by atoms with Crippen LogP contribution in [0.3, 0.4) is 0 Å². The van der Waals surface area contributed by atoms with Crippen molar-refractivity contribution in [3.05, 3.63) is 0 Å². The van der Waals surface area contributed by atoms with Crippen molar-refractivity contribution in [2.45, 2.75) is 33.3 Å². The lowest BCUT2D eigenvalue weighted by Gasteiger charge is -2.21. The number of primary amides is 1. The summed E-state index contributed by atoms with van der Waals surface area (Å²) >= 11 is 0. The minimum atomic E-state index is -0.822. The molecule has 0 bridgehead atoms. The Morgan fingerprint density at radius 1 is 1.47 bits per heavy atom. The first-order valence-electron chi connectivity index (χ1n) is 5.64. The van der Waals surface area contributed by atoms with Gasteiger partial charge in [-0.3, -0.25) is 9.59 Å². The molecule has 0 radical (unpaired) electrons. The average Bonchev–Trinajstić information content (AvgIpc) is 2.16. The molecule has 0 aromatic rings. The molecule has 0 fully saturated rings. The van der Waals surface area contributed by atoms with Gasteiger partial charge in [0.2, 0.25) is 5.91 Å². The summed E-state index contributed by atoms with van der Waals surface area (Å²) in [5, 5.41) is 12.4. The first-order chi connectivity index (χ1) is 7.79. The molecule has 4 N–H and O–H groups in total. The van der Waals surface area contributed by atoms with E-state index in [1.165, 1.54) is 0 Å². The van der Waals surface area contributed by atoms with Crippen LogP contribution >= 0.6 is 0 Å². The number of carbonyl (C=O) groups is 2. The van der Waals surface area contributed by atoms with Gasteiger partial charge in [0.25, 0.3) is 0 Å². The molecule has 0 spiro atoms. The van der Waals surface area contributed by atoms with Crippen LogP contribution in [0.4, 0.5) is 0 Å². The van der Waals surface area contributed by atoms with Crippen molar-refractivity contribution in [2.24, 2.45) is 11.1 Å². The Bertz CT molecular complexity index is 266. The van der Waals surface area contributed by atoms with E-state index < -0.39 is 23.4 Å². The highest BCUT2D eigenvalue weighted by Gasteiger charge is 2.24. The minimum absolute atomic E-state index is 0.0577. The topological polar surface area (TPSA) is 102 Å². The van der Waals surface area contributed by atoms with Crippen LogP contribution in [0.1, 0.15) is 27.2 Å². The molecule has 0 saturated carbocycles. The van der Waals surface area contributed by atoms with Gasteiger partial charge in [-0.2, -0.15) is 0 Å². The molecule has 0 aliphatic carbocycles. The van der Waals surface area contributed by atoms with Crippen LogP contribution in [0.25, 0.3) is 0 Å². The summed E-state index contributed by atoms with van der Waals surface area (Å²) in [6.07, 6.45) is -0.879. The molecule has 0 aliphatic heterocycles. The molecule has 0 aromatic heterocycles. The number of hydrogen-bond acceptors (Lipinski definition) is 5. The molecule has 6 nitrogen and oxygen atoms in total. The normalized spacial score (nSPS) is 13.2. The number of esters is 1. The standard InChI is InChI=1S/C11H22N2O4/c1-4-17-9(15)5-8(14)6-13-7-11(2,3)10(12)16/h8,13-14H,4-7H2,1-3H3,(H2,12,16). The van der Waals surface area contributed by atoms with Gasteiger partial charge in [-0.25, -0.2) is 0 Å². The second-order valence-corrected chi connectivity index (χ2v) is 4.54. The summed E-state index contributed by atoms with van der Waals surface area (Å²) in [6.45, 7) is 5.99. The highest BCUT2D eigenvalue weighted by Crippen LogP contribution is 2.11. The fourth-order valence-corrected chi connectivity index (χ4v) is 1.12. The number of ether oxygens (including phenoxy) is 1. The van der Waals surface area contributed by atoms with E-state index in [0.29, 0.717) is 13.2 Å². The molecule has 0 heterocycles. The van der Waals surface area contributed by atoms with Gasteiger partial charge in [-0.15, -0.1) is 0 Å². The van der Waals surface area contributed by atoms with Crippen LogP contribution in [0, 0.1) is 5.41 Å². The van der Waals surface area contributed by atoms with Gasteiger partial charge in [0.15, 0.2) is 0 Å². The van der Waals surface area contributed by atoms with E-state index in [2.05, 4.69) is 5.32 Å². The number of nitrogens with two attached hydrogens (primary N) is 1. The molecule has 0 aromatic carbocycles. The van der Waals surface area contributed by atoms with Gasteiger partial charge in [0.1, 0.15) is 0 Å². The molecular formula is C11H22N2O4. The lowest BCUT2D eigenvalue weighted by Crippen LogP contribution is -2.42. The van der Waals surface area contributed by atoms with E-state index in [1.807, 2.05) is 0 Å². The Morgan fingerprint density at radius 3 is 2.53 bits per heavy atom. The molecule has 1 amide bonds. The third-order valence-electron chi connectivity index (χ3n) is 2.32. The summed E-state index contributed by atoms with van der Waals surface area (Å²) in [5.74, 6) is -0.846. The molecule has 100 valence electrons. The molecule has 17 heavy (non-hydrogen) atoms.